The van der Waals surface area contributed by atoms with Crippen molar-refractivity contribution in [2.24, 2.45) is 5.92 Å². The van der Waals surface area contributed by atoms with Gasteiger partial charge in [0.25, 0.3) is 0 Å². The second-order valence-electron chi connectivity index (χ2n) is 6.77. The SMILES string of the molecule is C[C@H](CN1CCCCCC1)NC(=O)N1CC[C@H](C)[C@@H]1CO. The van der Waals surface area contributed by atoms with E-state index in [4.69, 9.17) is 0 Å². The molecule has 2 rings (SSSR count). The van der Waals surface area contributed by atoms with Gasteiger partial charge in [0.15, 0.2) is 0 Å². The van der Waals surface area contributed by atoms with Crippen molar-refractivity contribution < 1.29 is 9.90 Å². The summed E-state index contributed by atoms with van der Waals surface area (Å²) in [4.78, 5) is 16.6. The van der Waals surface area contributed by atoms with Crippen LogP contribution in [0, 0.1) is 5.92 Å². The minimum absolute atomic E-state index is 0.0132. The summed E-state index contributed by atoms with van der Waals surface area (Å²) in [6, 6.07) is 0.127. The molecule has 2 amide bonds. The molecular formula is C16H31N3O2. The molecule has 2 heterocycles. The van der Waals surface area contributed by atoms with E-state index in [9.17, 15) is 9.90 Å². The number of hydrogen-bond acceptors (Lipinski definition) is 3. The third-order valence-electron chi connectivity index (χ3n) is 4.93. The fourth-order valence-electron chi connectivity index (χ4n) is 3.58. The van der Waals surface area contributed by atoms with E-state index in [1.54, 1.807) is 0 Å². The van der Waals surface area contributed by atoms with Crippen LogP contribution in [0.1, 0.15) is 46.0 Å². The topological polar surface area (TPSA) is 55.8 Å². The van der Waals surface area contributed by atoms with Gasteiger partial charge in [0, 0.05) is 19.1 Å². The largest absolute Gasteiger partial charge is 0.394 e. The number of rotatable bonds is 4. The van der Waals surface area contributed by atoms with Crippen LogP contribution in [0.15, 0.2) is 0 Å². The van der Waals surface area contributed by atoms with Gasteiger partial charge in [0.05, 0.1) is 12.6 Å². The second kappa shape index (κ2) is 7.99. The lowest BCUT2D eigenvalue weighted by Crippen LogP contribution is -2.50. The molecule has 0 unspecified atom stereocenters. The molecule has 0 spiro atoms. The molecule has 2 N–H and O–H groups in total. The van der Waals surface area contributed by atoms with Crippen LogP contribution in [0.2, 0.25) is 0 Å². The normalized spacial score (nSPS) is 29.2. The first kappa shape index (κ1) is 16.6. The molecule has 0 bridgehead atoms. The van der Waals surface area contributed by atoms with Crippen molar-refractivity contribution in [3.8, 4) is 0 Å². The summed E-state index contributed by atoms with van der Waals surface area (Å²) in [5, 5.41) is 12.6. The lowest BCUT2D eigenvalue weighted by atomic mass is 10.0. The second-order valence-corrected chi connectivity index (χ2v) is 6.77. The van der Waals surface area contributed by atoms with Crippen molar-refractivity contribution in [3.05, 3.63) is 0 Å². The number of nitrogens with zero attached hydrogens (tertiary/aromatic N) is 2. The Hall–Kier alpha value is -0.810. The van der Waals surface area contributed by atoms with Crippen LogP contribution in [-0.2, 0) is 0 Å². The summed E-state index contributed by atoms with van der Waals surface area (Å²) < 4.78 is 0. The summed E-state index contributed by atoms with van der Waals surface area (Å²) in [6.45, 7) is 8.24. The van der Waals surface area contributed by atoms with E-state index in [1.807, 2.05) is 4.90 Å². The number of nitrogens with one attached hydrogen (secondary N) is 1. The lowest BCUT2D eigenvalue weighted by molar-refractivity contribution is 0.140. The molecule has 0 aliphatic carbocycles. The molecule has 2 fully saturated rings. The van der Waals surface area contributed by atoms with Gasteiger partial charge < -0.3 is 20.2 Å². The molecule has 0 saturated carbocycles. The third kappa shape index (κ3) is 4.58. The molecule has 0 aromatic carbocycles. The first-order chi connectivity index (χ1) is 10.1. The molecule has 3 atom stereocenters. The van der Waals surface area contributed by atoms with E-state index >= 15 is 0 Å². The van der Waals surface area contributed by atoms with Crippen molar-refractivity contribution in [1.82, 2.24) is 15.1 Å². The molecule has 2 aliphatic heterocycles. The average Bonchev–Trinajstić information content (AvgIpc) is 2.65. The third-order valence-corrected chi connectivity index (χ3v) is 4.93. The van der Waals surface area contributed by atoms with Crippen LogP contribution >= 0.6 is 0 Å². The Kier molecular flexibility index (Phi) is 6.30. The Morgan fingerprint density at radius 3 is 2.52 bits per heavy atom. The van der Waals surface area contributed by atoms with Gasteiger partial charge in [-0.25, -0.2) is 4.79 Å². The van der Waals surface area contributed by atoms with Gasteiger partial charge in [0.1, 0.15) is 0 Å². The minimum atomic E-state index is -0.0182. The molecule has 0 aromatic heterocycles. The van der Waals surface area contributed by atoms with Crippen LogP contribution in [0.25, 0.3) is 0 Å². The standard InChI is InChI=1S/C16H31N3O2/c1-13-7-10-19(15(13)12-20)16(21)17-14(2)11-18-8-5-3-4-6-9-18/h13-15,20H,3-12H2,1-2H3,(H,17,21)/t13-,14+,15-/m0/s1. The predicted molar refractivity (Wildman–Crippen MR) is 84.3 cm³/mol. The molecule has 5 nitrogen and oxygen atoms in total. The zero-order valence-electron chi connectivity index (χ0n) is 13.6. The van der Waals surface area contributed by atoms with Gasteiger partial charge in [-0.15, -0.1) is 0 Å². The molecule has 0 aromatic rings. The minimum Gasteiger partial charge on any atom is -0.394 e. The van der Waals surface area contributed by atoms with Gasteiger partial charge in [-0.2, -0.15) is 0 Å². The maximum Gasteiger partial charge on any atom is 0.317 e. The fraction of sp³-hybridized carbons (Fsp3) is 0.938. The number of likely N-dealkylation sites (tertiary alicyclic amines) is 2. The van der Waals surface area contributed by atoms with E-state index in [0.717, 1.165) is 32.6 Å². The van der Waals surface area contributed by atoms with Crippen LogP contribution < -0.4 is 5.32 Å². The molecule has 122 valence electrons. The van der Waals surface area contributed by atoms with Crippen molar-refractivity contribution >= 4 is 6.03 Å². The number of amides is 2. The Labute approximate surface area is 128 Å². The zero-order valence-corrected chi connectivity index (χ0v) is 13.6. The van der Waals surface area contributed by atoms with E-state index in [-0.39, 0.29) is 24.7 Å². The Morgan fingerprint density at radius 2 is 1.90 bits per heavy atom. The molecule has 5 heteroatoms. The Morgan fingerprint density at radius 1 is 1.24 bits per heavy atom. The zero-order chi connectivity index (χ0) is 15.2. The van der Waals surface area contributed by atoms with E-state index in [2.05, 4.69) is 24.1 Å². The van der Waals surface area contributed by atoms with Gasteiger partial charge in [-0.05, 0) is 45.2 Å². The maximum absolute atomic E-state index is 12.4. The average molecular weight is 297 g/mol. The number of urea groups is 1. The van der Waals surface area contributed by atoms with E-state index in [1.165, 1.54) is 25.7 Å². The van der Waals surface area contributed by atoms with E-state index in [0.29, 0.717) is 5.92 Å². The monoisotopic (exact) mass is 297 g/mol. The molecular weight excluding hydrogens is 266 g/mol. The number of aliphatic hydroxyl groups excluding tert-OH is 1. The molecule has 2 aliphatic rings. The summed E-state index contributed by atoms with van der Waals surface area (Å²) in [5.41, 5.74) is 0. The highest BCUT2D eigenvalue weighted by molar-refractivity contribution is 5.75. The van der Waals surface area contributed by atoms with Crippen LogP contribution in [0.4, 0.5) is 4.79 Å². The van der Waals surface area contributed by atoms with Crippen LogP contribution in [-0.4, -0.2) is 65.8 Å². The Bertz CT molecular complexity index is 329. The summed E-state index contributed by atoms with van der Waals surface area (Å²) in [7, 11) is 0. The number of hydrogen-bond donors (Lipinski definition) is 2. The van der Waals surface area contributed by atoms with Gasteiger partial charge in [-0.3, -0.25) is 0 Å². The molecule has 2 saturated heterocycles. The van der Waals surface area contributed by atoms with Crippen molar-refractivity contribution in [1.29, 1.82) is 0 Å². The first-order valence-corrected chi connectivity index (χ1v) is 8.52. The highest BCUT2D eigenvalue weighted by Gasteiger charge is 2.34. The fourth-order valence-corrected chi connectivity index (χ4v) is 3.58. The maximum atomic E-state index is 12.4. The number of carbonyl (C=O) groups is 1. The quantitative estimate of drug-likeness (QED) is 0.830. The van der Waals surface area contributed by atoms with Crippen LogP contribution in [0.3, 0.4) is 0 Å². The van der Waals surface area contributed by atoms with Gasteiger partial charge in [0.2, 0.25) is 0 Å². The van der Waals surface area contributed by atoms with Gasteiger partial charge >= 0.3 is 6.03 Å². The van der Waals surface area contributed by atoms with E-state index < -0.39 is 0 Å². The van der Waals surface area contributed by atoms with Gasteiger partial charge in [-0.1, -0.05) is 19.8 Å². The highest BCUT2D eigenvalue weighted by atomic mass is 16.3. The number of carbonyl (C=O) groups excluding carboxylic acids is 1. The highest BCUT2D eigenvalue weighted by Crippen LogP contribution is 2.23. The molecule has 21 heavy (non-hydrogen) atoms. The summed E-state index contributed by atoms with van der Waals surface area (Å²) >= 11 is 0. The lowest BCUT2D eigenvalue weighted by Gasteiger charge is -2.29. The first-order valence-electron chi connectivity index (χ1n) is 8.52. The van der Waals surface area contributed by atoms with Crippen LogP contribution in [0.5, 0.6) is 0 Å². The summed E-state index contributed by atoms with van der Waals surface area (Å²) in [6.07, 6.45) is 6.20. The molecule has 0 radical (unpaired) electrons. The van der Waals surface area contributed by atoms with Crippen molar-refractivity contribution in [2.75, 3.05) is 32.8 Å². The predicted octanol–water partition coefficient (Wildman–Crippen LogP) is 1.66. The Balaban J connectivity index is 1.78. The summed E-state index contributed by atoms with van der Waals surface area (Å²) in [5.74, 6) is 0.390. The van der Waals surface area contributed by atoms with Crippen molar-refractivity contribution in [3.63, 3.8) is 0 Å². The smallest absolute Gasteiger partial charge is 0.317 e. The van der Waals surface area contributed by atoms with Crippen molar-refractivity contribution in [2.45, 2.75) is 58.0 Å². The number of aliphatic hydroxyl groups is 1.